The van der Waals surface area contributed by atoms with E-state index in [4.69, 9.17) is 10.8 Å². The summed E-state index contributed by atoms with van der Waals surface area (Å²) in [5.41, 5.74) is 2.09. The maximum Gasteiger partial charge on any atom is 0.259 e. The van der Waals surface area contributed by atoms with Crippen molar-refractivity contribution in [1.29, 1.82) is 10.8 Å². The van der Waals surface area contributed by atoms with Crippen molar-refractivity contribution >= 4 is 23.2 Å². The lowest BCUT2D eigenvalue weighted by Gasteiger charge is -2.04. The maximum atomic E-state index is 12.3. The summed E-state index contributed by atoms with van der Waals surface area (Å²) >= 11 is 0. The van der Waals surface area contributed by atoms with Crippen molar-refractivity contribution in [3.05, 3.63) is 52.1 Å². The molecule has 0 spiro atoms. The zero-order valence-electron chi connectivity index (χ0n) is 10.7. The molecule has 1 aromatic heterocycles. The van der Waals surface area contributed by atoms with Crippen LogP contribution in [0.4, 0.5) is 11.4 Å². The number of aromatic nitrogens is 1. The number of pyridine rings is 1. The molecule has 0 unspecified atom stereocenters. The van der Waals surface area contributed by atoms with Crippen LogP contribution in [0.1, 0.15) is 10.4 Å². The van der Waals surface area contributed by atoms with E-state index >= 15 is 0 Å². The summed E-state index contributed by atoms with van der Waals surface area (Å²) in [7, 11) is 1.65. The molecule has 6 nitrogen and oxygen atoms in total. The van der Waals surface area contributed by atoms with E-state index in [0.717, 1.165) is 0 Å². The van der Waals surface area contributed by atoms with Gasteiger partial charge in [0.15, 0.2) is 0 Å². The van der Waals surface area contributed by atoms with Gasteiger partial charge in [-0.15, -0.1) is 0 Å². The Bertz CT molecular complexity index is 935. The number of hydrogen-bond donors (Lipinski definition) is 3. The molecule has 1 aliphatic rings. The number of hydrogen-bond acceptors (Lipinski definition) is 4. The van der Waals surface area contributed by atoms with E-state index in [9.17, 15) is 4.79 Å². The highest BCUT2D eigenvalue weighted by Crippen LogP contribution is 2.25. The van der Waals surface area contributed by atoms with Gasteiger partial charge in [-0.25, -0.2) is 4.99 Å². The van der Waals surface area contributed by atoms with Crippen LogP contribution in [0.5, 0.6) is 0 Å². The summed E-state index contributed by atoms with van der Waals surface area (Å²) in [5.74, 6) is 1.86. The largest absolute Gasteiger partial charge is 0.320 e. The number of carbonyl (C=O) groups excluding carboxylic acids is 1. The standard InChI is InChI=1S/C14H11N5O/c1-19-12(16)8(7-15)6-9-13(19)17-10-4-2-3-5-11(10)18-14(9)20/h2-6,15-16H,1H3,(H,18,20). The predicted molar refractivity (Wildman–Crippen MR) is 72.9 cm³/mol. The second-order valence-electron chi connectivity index (χ2n) is 4.41. The van der Waals surface area contributed by atoms with Gasteiger partial charge in [0, 0.05) is 7.05 Å². The second-order valence-corrected chi connectivity index (χ2v) is 4.41. The van der Waals surface area contributed by atoms with Crippen molar-refractivity contribution in [2.24, 2.45) is 12.0 Å². The molecule has 2 aromatic rings. The van der Waals surface area contributed by atoms with Gasteiger partial charge in [0.1, 0.15) is 11.0 Å². The topological polar surface area (TPSA) is 94.1 Å². The second kappa shape index (κ2) is 4.29. The van der Waals surface area contributed by atoms with E-state index in [-0.39, 0.29) is 16.6 Å². The molecule has 3 rings (SSSR count). The van der Waals surface area contributed by atoms with Crippen molar-refractivity contribution < 1.29 is 4.79 Å². The first kappa shape index (κ1) is 12.1. The highest BCUT2D eigenvalue weighted by molar-refractivity contribution is 6.06. The van der Waals surface area contributed by atoms with E-state index < -0.39 is 0 Å². The fourth-order valence-electron chi connectivity index (χ4n) is 2.12. The molecule has 0 bridgehead atoms. The van der Waals surface area contributed by atoms with Crippen molar-refractivity contribution in [2.45, 2.75) is 0 Å². The molecule has 0 atom stereocenters. The summed E-state index contributed by atoms with van der Waals surface area (Å²) in [5, 5.41) is 18.2. The molecule has 0 aliphatic carbocycles. The highest BCUT2D eigenvalue weighted by Gasteiger charge is 2.17. The summed E-state index contributed by atoms with van der Waals surface area (Å²) in [6.07, 6.45) is 0. The molecule has 0 saturated carbocycles. The summed E-state index contributed by atoms with van der Waals surface area (Å²) in [6, 6.07) is 8.69. The SMILES string of the molecule is Cn1c2c(cc(=C=N)c1=N)C(=O)Nc1ccccc1N=2. The van der Waals surface area contributed by atoms with E-state index in [1.165, 1.54) is 10.6 Å². The van der Waals surface area contributed by atoms with E-state index in [2.05, 4.69) is 16.2 Å². The molecule has 3 N–H and O–H groups in total. The van der Waals surface area contributed by atoms with Gasteiger partial charge in [0.05, 0.1) is 22.2 Å². The summed E-state index contributed by atoms with van der Waals surface area (Å²) in [4.78, 5) is 16.7. The molecule has 1 aromatic carbocycles. The van der Waals surface area contributed by atoms with Gasteiger partial charge in [0.2, 0.25) is 0 Å². The first-order chi connectivity index (χ1) is 9.61. The van der Waals surface area contributed by atoms with Crippen LogP contribution in [-0.2, 0) is 7.05 Å². The zero-order valence-corrected chi connectivity index (χ0v) is 10.7. The third kappa shape index (κ3) is 1.67. The molecule has 6 heteroatoms. The number of rotatable bonds is 0. The Balaban J connectivity index is 2.51. The summed E-state index contributed by atoms with van der Waals surface area (Å²) < 4.78 is 1.48. The Hall–Kier alpha value is -2.98. The van der Waals surface area contributed by atoms with Crippen molar-refractivity contribution in [3.63, 3.8) is 0 Å². The lowest BCUT2D eigenvalue weighted by atomic mass is 10.2. The van der Waals surface area contributed by atoms with Crippen LogP contribution in [-0.4, -0.2) is 16.3 Å². The van der Waals surface area contributed by atoms with E-state index in [1.807, 2.05) is 12.1 Å². The fraction of sp³-hybridized carbons (Fsp3) is 0.0714. The van der Waals surface area contributed by atoms with E-state index in [0.29, 0.717) is 22.4 Å². The molecule has 1 amide bonds. The highest BCUT2D eigenvalue weighted by atomic mass is 16.1. The van der Waals surface area contributed by atoms with Gasteiger partial charge >= 0.3 is 0 Å². The third-order valence-corrected chi connectivity index (χ3v) is 3.20. The van der Waals surface area contributed by atoms with Gasteiger partial charge in [0.25, 0.3) is 5.91 Å². The number of para-hydroxylation sites is 2. The normalized spacial score (nSPS) is 12.3. The number of amides is 1. The number of fused-ring (bicyclic) bond motifs is 2. The average molecular weight is 265 g/mol. The first-order valence-corrected chi connectivity index (χ1v) is 5.95. The average Bonchev–Trinajstić information content (AvgIpc) is 2.59. The number of anilines is 1. The monoisotopic (exact) mass is 265 g/mol. The number of nitrogens with one attached hydrogen (secondary N) is 3. The van der Waals surface area contributed by atoms with E-state index in [1.54, 1.807) is 19.2 Å². The van der Waals surface area contributed by atoms with Crippen molar-refractivity contribution in [3.8, 4) is 0 Å². The fourth-order valence-corrected chi connectivity index (χ4v) is 2.12. The smallest absolute Gasteiger partial charge is 0.259 e. The Kier molecular flexibility index (Phi) is 2.59. The quantitative estimate of drug-likeness (QED) is 0.572. The summed E-state index contributed by atoms with van der Waals surface area (Å²) in [6.45, 7) is 0. The van der Waals surface area contributed by atoms with Crippen LogP contribution in [0, 0.1) is 10.8 Å². The zero-order chi connectivity index (χ0) is 14.3. The Morgan fingerprint density at radius 3 is 2.85 bits per heavy atom. The predicted octanol–water partition coefficient (Wildman–Crippen LogP) is -0.0584. The van der Waals surface area contributed by atoms with Gasteiger partial charge in [-0.1, -0.05) is 12.1 Å². The van der Waals surface area contributed by atoms with Crippen LogP contribution in [0.3, 0.4) is 0 Å². The van der Waals surface area contributed by atoms with Gasteiger partial charge in [-0.3, -0.25) is 15.6 Å². The number of benzene rings is 1. The third-order valence-electron chi connectivity index (χ3n) is 3.20. The first-order valence-electron chi connectivity index (χ1n) is 5.95. The Morgan fingerprint density at radius 1 is 1.35 bits per heavy atom. The van der Waals surface area contributed by atoms with Gasteiger partial charge in [-0.2, -0.15) is 0 Å². The molecular weight excluding hydrogens is 254 g/mol. The van der Waals surface area contributed by atoms with Crippen molar-refractivity contribution in [1.82, 2.24) is 4.57 Å². The van der Waals surface area contributed by atoms with Crippen molar-refractivity contribution in [2.75, 3.05) is 5.32 Å². The minimum absolute atomic E-state index is 0.0923. The molecule has 1 aliphatic heterocycles. The minimum atomic E-state index is -0.305. The molecule has 2 heterocycles. The van der Waals surface area contributed by atoms with Gasteiger partial charge in [-0.05, 0) is 24.1 Å². The maximum absolute atomic E-state index is 12.3. The molecule has 20 heavy (non-hydrogen) atoms. The Morgan fingerprint density at radius 2 is 2.10 bits per heavy atom. The van der Waals surface area contributed by atoms with Crippen LogP contribution in [0.2, 0.25) is 0 Å². The van der Waals surface area contributed by atoms with Crippen LogP contribution in [0.15, 0.2) is 35.3 Å². The van der Waals surface area contributed by atoms with Gasteiger partial charge < -0.3 is 9.88 Å². The van der Waals surface area contributed by atoms with Crippen LogP contribution >= 0.6 is 0 Å². The molecule has 0 fully saturated rings. The Labute approximate surface area is 113 Å². The molecule has 0 saturated heterocycles. The number of nitrogens with zero attached hydrogens (tertiary/aromatic N) is 2. The molecule has 98 valence electrons. The van der Waals surface area contributed by atoms with Crippen LogP contribution < -0.4 is 21.5 Å². The molecular formula is C14H11N5O. The lowest BCUT2D eigenvalue weighted by Crippen LogP contribution is -2.45. The lowest BCUT2D eigenvalue weighted by molar-refractivity contribution is 0.102. The minimum Gasteiger partial charge on any atom is -0.320 e. The van der Waals surface area contributed by atoms with Crippen LogP contribution in [0.25, 0.3) is 0 Å². The molecule has 0 radical (unpaired) electrons. The number of carbonyl (C=O) groups is 1.